The van der Waals surface area contributed by atoms with Crippen LogP contribution >= 0.6 is 12.4 Å². The standard InChI is InChI=1S/C17H27N3O2.ClH/c1-4-18-13-14-8-7-9-15(12-14)19-16(21)10-11-17(22)20(5-2)6-3;/h7-9,12,18H,4-6,10-11,13H2,1-3H3,(H,19,21);1H. The number of carbonyl (C=O) groups is 2. The average molecular weight is 342 g/mol. The maximum atomic E-state index is 11.9. The van der Waals surface area contributed by atoms with Crippen molar-refractivity contribution in [1.29, 1.82) is 0 Å². The van der Waals surface area contributed by atoms with Crippen LogP contribution in [0.2, 0.25) is 0 Å². The Hall–Kier alpha value is -1.59. The molecule has 0 atom stereocenters. The van der Waals surface area contributed by atoms with Gasteiger partial charge in [-0.05, 0) is 38.1 Å². The van der Waals surface area contributed by atoms with Gasteiger partial charge in [-0.15, -0.1) is 12.4 Å². The molecule has 0 aliphatic carbocycles. The number of nitrogens with one attached hydrogen (secondary N) is 2. The van der Waals surface area contributed by atoms with Gasteiger partial charge in [0.15, 0.2) is 0 Å². The Labute approximate surface area is 145 Å². The molecule has 0 radical (unpaired) electrons. The molecule has 0 spiro atoms. The van der Waals surface area contributed by atoms with Crippen LogP contribution < -0.4 is 10.6 Å². The Morgan fingerprint density at radius 3 is 2.39 bits per heavy atom. The summed E-state index contributed by atoms with van der Waals surface area (Å²) in [5.41, 5.74) is 1.90. The van der Waals surface area contributed by atoms with E-state index in [2.05, 4.69) is 17.6 Å². The van der Waals surface area contributed by atoms with Crippen molar-refractivity contribution in [1.82, 2.24) is 10.2 Å². The fourth-order valence-corrected chi connectivity index (χ4v) is 2.21. The summed E-state index contributed by atoms with van der Waals surface area (Å²) in [6.07, 6.45) is 0.470. The number of nitrogens with zero attached hydrogens (tertiary/aromatic N) is 1. The van der Waals surface area contributed by atoms with E-state index in [1.165, 1.54) is 0 Å². The number of amides is 2. The Morgan fingerprint density at radius 2 is 1.78 bits per heavy atom. The van der Waals surface area contributed by atoms with Crippen molar-refractivity contribution in [3.05, 3.63) is 29.8 Å². The number of rotatable bonds is 9. The molecule has 0 unspecified atom stereocenters. The third-order valence-electron chi connectivity index (χ3n) is 3.47. The number of halogens is 1. The van der Waals surface area contributed by atoms with E-state index in [1.54, 1.807) is 4.90 Å². The summed E-state index contributed by atoms with van der Waals surface area (Å²) in [5.74, 6) is -0.0952. The second kappa shape index (κ2) is 11.9. The molecule has 0 saturated carbocycles. The molecular formula is C17H28ClN3O2. The van der Waals surface area contributed by atoms with E-state index in [1.807, 2.05) is 38.1 Å². The van der Waals surface area contributed by atoms with Gasteiger partial charge in [-0.3, -0.25) is 9.59 Å². The van der Waals surface area contributed by atoms with Crippen molar-refractivity contribution in [2.24, 2.45) is 0 Å². The Morgan fingerprint density at radius 1 is 1.09 bits per heavy atom. The Balaban J connectivity index is 0.00000484. The molecular weight excluding hydrogens is 314 g/mol. The lowest BCUT2D eigenvalue weighted by atomic mass is 10.2. The van der Waals surface area contributed by atoms with Crippen LogP contribution in [-0.4, -0.2) is 36.3 Å². The van der Waals surface area contributed by atoms with Crippen LogP contribution in [0.15, 0.2) is 24.3 Å². The topological polar surface area (TPSA) is 61.4 Å². The van der Waals surface area contributed by atoms with Gasteiger partial charge in [-0.2, -0.15) is 0 Å². The first-order valence-corrected chi connectivity index (χ1v) is 7.97. The molecule has 2 amide bonds. The molecule has 5 nitrogen and oxygen atoms in total. The molecule has 23 heavy (non-hydrogen) atoms. The highest BCUT2D eigenvalue weighted by Crippen LogP contribution is 2.11. The van der Waals surface area contributed by atoms with Gasteiger partial charge in [0.2, 0.25) is 11.8 Å². The second-order valence-corrected chi connectivity index (χ2v) is 5.09. The van der Waals surface area contributed by atoms with Crippen LogP contribution in [0.3, 0.4) is 0 Å². The number of hydrogen-bond acceptors (Lipinski definition) is 3. The largest absolute Gasteiger partial charge is 0.343 e. The molecule has 0 bridgehead atoms. The van der Waals surface area contributed by atoms with E-state index < -0.39 is 0 Å². The number of benzene rings is 1. The average Bonchev–Trinajstić information content (AvgIpc) is 2.52. The summed E-state index contributed by atoms with van der Waals surface area (Å²) < 4.78 is 0. The van der Waals surface area contributed by atoms with E-state index in [0.29, 0.717) is 13.1 Å². The van der Waals surface area contributed by atoms with Crippen molar-refractivity contribution in [3.8, 4) is 0 Å². The molecule has 130 valence electrons. The Bertz CT molecular complexity index is 490. The summed E-state index contributed by atoms with van der Waals surface area (Å²) in [5, 5.41) is 6.10. The van der Waals surface area contributed by atoms with Gasteiger partial charge in [-0.25, -0.2) is 0 Å². The van der Waals surface area contributed by atoms with E-state index in [4.69, 9.17) is 0 Å². The zero-order valence-corrected chi connectivity index (χ0v) is 15.0. The quantitative estimate of drug-likeness (QED) is 0.726. The predicted octanol–water partition coefficient (Wildman–Crippen LogP) is 2.81. The van der Waals surface area contributed by atoms with Crippen molar-refractivity contribution in [2.45, 2.75) is 40.2 Å². The SMILES string of the molecule is CCNCc1cccc(NC(=O)CCC(=O)N(CC)CC)c1.Cl. The molecule has 0 saturated heterocycles. The highest BCUT2D eigenvalue weighted by Gasteiger charge is 2.12. The van der Waals surface area contributed by atoms with Gasteiger partial charge in [0, 0.05) is 38.2 Å². The minimum Gasteiger partial charge on any atom is -0.343 e. The molecule has 0 aromatic heterocycles. The molecule has 1 aromatic carbocycles. The van der Waals surface area contributed by atoms with Crippen molar-refractivity contribution in [2.75, 3.05) is 25.0 Å². The first-order valence-electron chi connectivity index (χ1n) is 7.97. The number of anilines is 1. The van der Waals surface area contributed by atoms with Crippen molar-refractivity contribution in [3.63, 3.8) is 0 Å². The van der Waals surface area contributed by atoms with Gasteiger partial charge in [-0.1, -0.05) is 19.1 Å². The molecule has 6 heteroatoms. The lowest BCUT2D eigenvalue weighted by Crippen LogP contribution is -2.31. The summed E-state index contributed by atoms with van der Waals surface area (Å²) in [6, 6.07) is 7.75. The summed E-state index contributed by atoms with van der Waals surface area (Å²) in [7, 11) is 0. The summed E-state index contributed by atoms with van der Waals surface area (Å²) in [6.45, 7) is 8.99. The summed E-state index contributed by atoms with van der Waals surface area (Å²) in [4.78, 5) is 25.6. The van der Waals surface area contributed by atoms with E-state index in [9.17, 15) is 9.59 Å². The van der Waals surface area contributed by atoms with Crippen LogP contribution in [0, 0.1) is 0 Å². The number of hydrogen-bond donors (Lipinski definition) is 2. The lowest BCUT2D eigenvalue weighted by Gasteiger charge is -2.18. The monoisotopic (exact) mass is 341 g/mol. The zero-order valence-electron chi connectivity index (χ0n) is 14.2. The van der Waals surface area contributed by atoms with Gasteiger partial charge in [0.25, 0.3) is 0 Å². The number of carbonyl (C=O) groups excluding carboxylic acids is 2. The Kier molecular flexibility index (Phi) is 11.1. The minimum atomic E-state index is -0.124. The van der Waals surface area contributed by atoms with E-state index in [-0.39, 0.29) is 37.1 Å². The third kappa shape index (κ3) is 8.00. The maximum absolute atomic E-state index is 11.9. The highest BCUT2D eigenvalue weighted by molar-refractivity contribution is 5.93. The van der Waals surface area contributed by atoms with Crippen molar-refractivity contribution >= 4 is 29.9 Å². The van der Waals surface area contributed by atoms with Crippen LogP contribution in [0.5, 0.6) is 0 Å². The van der Waals surface area contributed by atoms with E-state index in [0.717, 1.165) is 24.3 Å². The molecule has 2 N–H and O–H groups in total. The molecule has 0 heterocycles. The maximum Gasteiger partial charge on any atom is 0.224 e. The van der Waals surface area contributed by atoms with Gasteiger partial charge in [0.05, 0.1) is 0 Å². The first-order chi connectivity index (χ1) is 10.6. The highest BCUT2D eigenvalue weighted by atomic mass is 35.5. The lowest BCUT2D eigenvalue weighted by molar-refractivity contribution is -0.132. The molecule has 1 aromatic rings. The van der Waals surface area contributed by atoms with Gasteiger partial charge in [0.1, 0.15) is 0 Å². The first kappa shape index (κ1) is 21.4. The smallest absolute Gasteiger partial charge is 0.224 e. The van der Waals surface area contributed by atoms with Crippen molar-refractivity contribution < 1.29 is 9.59 Å². The second-order valence-electron chi connectivity index (χ2n) is 5.09. The normalized spacial score (nSPS) is 9.87. The molecule has 1 rings (SSSR count). The minimum absolute atomic E-state index is 0. The van der Waals surface area contributed by atoms with Crippen LogP contribution in [-0.2, 0) is 16.1 Å². The summed E-state index contributed by atoms with van der Waals surface area (Å²) >= 11 is 0. The third-order valence-corrected chi connectivity index (χ3v) is 3.47. The molecule has 0 fully saturated rings. The molecule has 0 aliphatic rings. The zero-order chi connectivity index (χ0) is 16.4. The van der Waals surface area contributed by atoms with Crippen LogP contribution in [0.25, 0.3) is 0 Å². The van der Waals surface area contributed by atoms with Crippen LogP contribution in [0.1, 0.15) is 39.2 Å². The fraction of sp³-hybridized carbons (Fsp3) is 0.529. The molecule has 0 aliphatic heterocycles. The van der Waals surface area contributed by atoms with Gasteiger partial charge < -0.3 is 15.5 Å². The predicted molar refractivity (Wildman–Crippen MR) is 96.9 cm³/mol. The van der Waals surface area contributed by atoms with E-state index >= 15 is 0 Å². The van der Waals surface area contributed by atoms with Gasteiger partial charge >= 0.3 is 0 Å². The van der Waals surface area contributed by atoms with Crippen LogP contribution in [0.4, 0.5) is 5.69 Å². The fourth-order valence-electron chi connectivity index (χ4n) is 2.21.